The molecule has 2 rings (SSSR count). The van der Waals surface area contributed by atoms with E-state index in [9.17, 15) is 17.2 Å². The monoisotopic (exact) mass is 494 g/mol. The third-order valence-corrected chi connectivity index (χ3v) is 6.41. The minimum atomic E-state index is -4.43. The zero-order chi connectivity index (χ0) is 17.7. The molecular formula is C15H29F2IN4O2S. The molecule has 1 unspecified atom stereocenters. The van der Waals surface area contributed by atoms with Crippen molar-refractivity contribution in [3.63, 3.8) is 0 Å². The Hall–Kier alpha value is -0.230. The first-order chi connectivity index (χ1) is 11.3. The van der Waals surface area contributed by atoms with Crippen molar-refractivity contribution in [1.82, 2.24) is 14.5 Å². The first-order valence-electron chi connectivity index (χ1n) is 8.57. The lowest BCUT2D eigenvalue weighted by Crippen LogP contribution is -2.48. The van der Waals surface area contributed by atoms with Crippen molar-refractivity contribution in [2.75, 3.05) is 39.8 Å². The molecule has 0 radical (unpaired) electrons. The molecule has 2 fully saturated rings. The summed E-state index contributed by atoms with van der Waals surface area (Å²) in [5.74, 6) is -1.52. The maximum absolute atomic E-state index is 12.6. The van der Waals surface area contributed by atoms with E-state index >= 15 is 0 Å². The van der Waals surface area contributed by atoms with Crippen LogP contribution in [0.5, 0.6) is 0 Å². The Morgan fingerprint density at radius 3 is 2.40 bits per heavy atom. The summed E-state index contributed by atoms with van der Waals surface area (Å²) in [4.78, 5) is 6.59. The Kier molecular flexibility index (Phi) is 9.30. The lowest BCUT2D eigenvalue weighted by Gasteiger charge is -2.35. The Labute approximate surface area is 166 Å². The number of hydrogen-bond acceptors (Lipinski definition) is 3. The van der Waals surface area contributed by atoms with Crippen LogP contribution in [0.4, 0.5) is 8.78 Å². The van der Waals surface area contributed by atoms with E-state index in [1.165, 1.54) is 6.42 Å². The van der Waals surface area contributed by atoms with Crippen LogP contribution in [0.25, 0.3) is 0 Å². The molecule has 0 amide bonds. The highest BCUT2D eigenvalue weighted by Crippen LogP contribution is 2.22. The van der Waals surface area contributed by atoms with E-state index < -0.39 is 15.8 Å². The number of halogens is 3. The fourth-order valence-electron chi connectivity index (χ4n) is 3.43. The van der Waals surface area contributed by atoms with Crippen LogP contribution in [-0.2, 0) is 10.0 Å². The van der Waals surface area contributed by atoms with Gasteiger partial charge in [-0.15, -0.1) is 24.0 Å². The zero-order valence-corrected chi connectivity index (χ0v) is 18.0. The van der Waals surface area contributed by atoms with Crippen molar-refractivity contribution in [3.8, 4) is 0 Å². The maximum Gasteiger partial charge on any atom is 0.350 e. The van der Waals surface area contributed by atoms with Crippen molar-refractivity contribution in [2.24, 2.45) is 16.8 Å². The smallest absolute Gasteiger partial charge is 0.350 e. The van der Waals surface area contributed by atoms with Crippen molar-refractivity contribution >= 4 is 40.0 Å². The summed E-state index contributed by atoms with van der Waals surface area (Å²) < 4.78 is 49.0. The summed E-state index contributed by atoms with van der Waals surface area (Å²) in [6, 6.07) is 0. The van der Waals surface area contributed by atoms with Gasteiger partial charge in [-0.25, -0.2) is 8.42 Å². The number of alkyl halides is 2. The van der Waals surface area contributed by atoms with Gasteiger partial charge in [0.15, 0.2) is 5.96 Å². The van der Waals surface area contributed by atoms with Crippen LogP contribution < -0.4 is 5.32 Å². The predicted octanol–water partition coefficient (Wildman–Crippen LogP) is 2.18. The van der Waals surface area contributed by atoms with E-state index in [4.69, 9.17) is 0 Å². The summed E-state index contributed by atoms with van der Waals surface area (Å²) in [5, 5.41) is 3.37. The molecule has 2 saturated heterocycles. The number of guanidine groups is 1. The molecule has 1 N–H and O–H groups in total. The highest BCUT2D eigenvalue weighted by atomic mass is 127. The van der Waals surface area contributed by atoms with Gasteiger partial charge < -0.3 is 10.2 Å². The standard InChI is InChI=1S/C15H28F2N4O2S.HI/c1-12-4-3-7-20(11-12)15(18-2)19-10-13-5-8-21(9-6-13)24(22,23)14(16)17;/h12-14H,3-11H2,1-2H3,(H,18,19);1H. The number of hydrogen-bond donors (Lipinski definition) is 1. The Morgan fingerprint density at radius 2 is 1.88 bits per heavy atom. The van der Waals surface area contributed by atoms with E-state index in [1.54, 1.807) is 7.05 Å². The molecule has 0 aromatic heterocycles. The molecule has 25 heavy (non-hydrogen) atoms. The number of nitrogens with zero attached hydrogens (tertiary/aromatic N) is 3. The molecule has 0 aliphatic carbocycles. The number of nitrogens with one attached hydrogen (secondary N) is 1. The van der Waals surface area contributed by atoms with E-state index in [0.29, 0.717) is 25.3 Å². The van der Waals surface area contributed by atoms with Crippen molar-refractivity contribution < 1.29 is 17.2 Å². The van der Waals surface area contributed by atoms with Gasteiger partial charge in [0.1, 0.15) is 0 Å². The van der Waals surface area contributed by atoms with Crippen LogP contribution in [0.1, 0.15) is 32.6 Å². The topological polar surface area (TPSA) is 65.0 Å². The minimum Gasteiger partial charge on any atom is -0.356 e. The predicted molar refractivity (Wildman–Crippen MR) is 106 cm³/mol. The Morgan fingerprint density at radius 1 is 1.24 bits per heavy atom. The fourth-order valence-corrected chi connectivity index (χ4v) is 4.38. The lowest BCUT2D eigenvalue weighted by atomic mass is 9.98. The zero-order valence-electron chi connectivity index (χ0n) is 14.8. The van der Waals surface area contributed by atoms with Crippen LogP contribution in [0.3, 0.4) is 0 Å². The van der Waals surface area contributed by atoms with Crippen LogP contribution in [0.2, 0.25) is 0 Å². The van der Waals surface area contributed by atoms with Gasteiger partial charge in [-0.05, 0) is 37.5 Å². The largest absolute Gasteiger partial charge is 0.356 e. The second-order valence-corrected chi connectivity index (χ2v) is 8.67. The van der Waals surface area contributed by atoms with E-state index in [0.717, 1.165) is 29.8 Å². The molecule has 0 aromatic rings. The van der Waals surface area contributed by atoms with Gasteiger partial charge in [-0.2, -0.15) is 13.1 Å². The summed E-state index contributed by atoms with van der Waals surface area (Å²) >= 11 is 0. The maximum atomic E-state index is 12.6. The molecule has 2 aliphatic rings. The van der Waals surface area contributed by atoms with E-state index in [2.05, 4.69) is 22.1 Å². The van der Waals surface area contributed by atoms with Crippen LogP contribution in [0.15, 0.2) is 4.99 Å². The molecule has 10 heteroatoms. The normalized spacial score (nSPS) is 24.3. The number of likely N-dealkylation sites (tertiary alicyclic amines) is 1. The van der Waals surface area contributed by atoms with Gasteiger partial charge in [-0.3, -0.25) is 4.99 Å². The highest BCUT2D eigenvalue weighted by molar-refractivity contribution is 14.0. The summed E-state index contributed by atoms with van der Waals surface area (Å²) in [7, 11) is -2.67. The van der Waals surface area contributed by atoms with Gasteiger partial charge in [0.2, 0.25) is 0 Å². The second-order valence-electron chi connectivity index (χ2n) is 6.77. The second kappa shape index (κ2) is 10.2. The van der Waals surface area contributed by atoms with Crippen molar-refractivity contribution in [2.45, 2.75) is 38.4 Å². The average molecular weight is 494 g/mol. The molecular weight excluding hydrogens is 465 g/mol. The highest BCUT2D eigenvalue weighted by Gasteiger charge is 2.34. The third kappa shape index (κ3) is 6.16. The third-order valence-electron chi connectivity index (χ3n) is 4.88. The number of aliphatic imine (C=N–C) groups is 1. The molecule has 0 bridgehead atoms. The van der Waals surface area contributed by atoms with Crippen molar-refractivity contribution in [3.05, 3.63) is 0 Å². The molecule has 0 spiro atoms. The van der Waals surface area contributed by atoms with Crippen LogP contribution in [-0.4, -0.2) is 69.1 Å². The summed E-state index contributed by atoms with van der Waals surface area (Å²) in [6.07, 6.45) is 3.58. The number of rotatable bonds is 4. The quantitative estimate of drug-likeness (QED) is 0.370. The summed E-state index contributed by atoms with van der Waals surface area (Å²) in [6.45, 7) is 5.25. The SMILES string of the molecule is CN=C(NCC1CCN(S(=O)(=O)C(F)F)CC1)N1CCCC(C)C1.I. The Balaban J connectivity index is 0.00000312. The van der Waals surface area contributed by atoms with Crippen molar-refractivity contribution in [1.29, 1.82) is 0 Å². The molecule has 0 aromatic carbocycles. The molecule has 2 aliphatic heterocycles. The number of sulfonamides is 1. The Bertz CT molecular complexity index is 540. The van der Waals surface area contributed by atoms with E-state index in [-0.39, 0.29) is 43.0 Å². The van der Waals surface area contributed by atoms with Gasteiger partial charge in [0.05, 0.1) is 0 Å². The minimum absolute atomic E-state index is 0. The fraction of sp³-hybridized carbons (Fsp3) is 0.933. The van der Waals surface area contributed by atoms with Gasteiger partial charge >= 0.3 is 5.76 Å². The molecule has 2 heterocycles. The molecule has 6 nitrogen and oxygen atoms in total. The average Bonchev–Trinajstić information content (AvgIpc) is 2.56. The summed E-state index contributed by atoms with van der Waals surface area (Å²) in [5.41, 5.74) is 0. The first-order valence-corrected chi connectivity index (χ1v) is 10.1. The first kappa shape index (κ1) is 22.8. The van der Waals surface area contributed by atoms with Crippen LogP contribution in [0, 0.1) is 11.8 Å². The van der Waals surface area contributed by atoms with Gasteiger partial charge in [-0.1, -0.05) is 6.92 Å². The van der Waals surface area contributed by atoms with E-state index in [1.807, 2.05) is 0 Å². The van der Waals surface area contributed by atoms with Crippen LogP contribution >= 0.6 is 24.0 Å². The molecule has 1 atom stereocenters. The molecule has 148 valence electrons. The number of piperidine rings is 2. The lowest BCUT2D eigenvalue weighted by molar-refractivity contribution is 0.203. The molecule has 0 saturated carbocycles. The van der Waals surface area contributed by atoms with Gasteiger partial charge in [0.25, 0.3) is 10.0 Å². The van der Waals surface area contributed by atoms with Gasteiger partial charge in [0, 0.05) is 39.8 Å².